The zero-order valence-electron chi connectivity index (χ0n) is 19.8. The number of hydrogen-bond acceptors (Lipinski definition) is 3. The van der Waals surface area contributed by atoms with Crippen molar-refractivity contribution < 1.29 is 9.59 Å². The van der Waals surface area contributed by atoms with Crippen LogP contribution in [0.15, 0.2) is 90.2 Å². The fourth-order valence-electron chi connectivity index (χ4n) is 4.95. The van der Waals surface area contributed by atoms with E-state index in [-0.39, 0.29) is 11.8 Å². The van der Waals surface area contributed by atoms with Crippen LogP contribution < -0.4 is 10.3 Å². The number of aromatic nitrogens is 1. The molecule has 6 rings (SSSR count). The molecule has 0 saturated carbocycles. The van der Waals surface area contributed by atoms with Crippen LogP contribution >= 0.6 is 0 Å². The van der Waals surface area contributed by atoms with E-state index in [2.05, 4.69) is 28.5 Å². The van der Waals surface area contributed by atoms with Crippen LogP contribution in [-0.2, 0) is 13.0 Å². The molecular weight excluding hydrogens is 448 g/mol. The van der Waals surface area contributed by atoms with Crippen molar-refractivity contribution in [3.63, 3.8) is 0 Å². The lowest BCUT2D eigenvalue weighted by atomic mass is 10.1. The lowest BCUT2D eigenvalue weighted by Crippen LogP contribution is -2.26. The second kappa shape index (κ2) is 8.82. The van der Waals surface area contributed by atoms with Gasteiger partial charge in [-0.2, -0.15) is 5.10 Å². The molecule has 0 radical (unpaired) electrons. The van der Waals surface area contributed by atoms with Gasteiger partial charge in [-0.3, -0.25) is 9.59 Å². The normalized spacial score (nSPS) is 12.8. The van der Waals surface area contributed by atoms with Crippen LogP contribution in [0.4, 0.5) is 5.69 Å². The fourth-order valence-corrected chi connectivity index (χ4v) is 4.95. The Hall–Kier alpha value is -4.71. The molecule has 176 valence electrons. The Balaban J connectivity index is 1.14. The standard InChI is InChI=1S/C30H24N4O2/c1-2-20-6-3-9-24-23(16-31-28(20)24)17-32-33-29(35)22-14-12-19(13-15-22)18-34-26-11-5-8-21-7-4-10-25(27(21)26)30(34)36/h3-17,31H,2,18H2,1H3,(H,33,35). The van der Waals surface area contributed by atoms with Crippen molar-refractivity contribution in [3.8, 4) is 0 Å². The van der Waals surface area contributed by atoms with E-state index < -0.39 is 0 Å². The molecule has 2 N–H and O–H groups in total. The third-order valence-electron chi connectivity index (χ3n) is 6.79. The number of anilines is 1. The van der Waals surface area contributed by atoms with Gasteiger partial charge in [-0.05, 0) is 47.2 Å². The highest BCUT2D eigenvalue weighted by molar-refractivity contribution is 6.24. The average Bonchev–Trinajstić information content (AvgIpc) is 3.45. The predicted molar refractivity (Wildman–Crippen MR) is 144 cm³/mol. The second-order valence-corrected chi connectivity index (χ2v) is 8.91. The SMILES string of the molecule is CCc1cccc2c(C=NNC(=O)c3ccc(CN4C(=O)c5cccc6cccc4c56)cc3)c[nH]c12. The van der Waals surface area contributed by atoms with Crippen LogP contribution in [-0.4, -0.2) is 23.0 Å². The summed E-state index contributed by atoms with van der Waals surface area (Å²) in [7, 11) is 0. The van der Waals surface area contributed by atoms with E-state index in [0.29, 0.717) is 12.1 Å². The van der Waals surface area contributed by atoms with Gasteiger partial charge in [0.05, 0.1) is 18.4 Å². The summed E-state index contributed by atoms with van der Waals surface area (Å²) in [6.07, 6.45) is 4.49. The molecule has 0 spiro atoms. The van der Waals surface area contributed by atoms with E-state index in [0.717, 1.165) is 50.5 Å². The number of amides is 2. The fraction of sp³-hybridized carbons (Fsp3) is 0.100. The van der Waals surface area contributed by atoms with Crippen LogP contribution in [0.2, 0.25) is 0 Å². The number of hydrazone groups is 1. The number of carbonyl (C=O) groups excluding carboxylic acids is 2. The van der Waals surface area contributed by atoms with Crippen molar-refractivity contribution in [2.45, 2.75) is 19.9 Å². The Morgan fingerprint density at radius 2 is 1.78 bits per heavy atom. The maximum absolute atomic E-state index is 13.0. The highest BCUT2D eigenvalue weighted by atomic mass is 16.2. The Bertz CT molecular complexity index is 1660. The smallest absolute Gasteiger partial charge is 0.271 e. The van der Waals surface area contributed by atoms with Gasteiger partial charge in [0, 0.05) is 39.2 Å². The average molecular weight is 473 g/mol. The van der Waals surface area contributed by atoms with Gasteiger partial charge < -0.3 is 9.88 Å². The molecule has 36 heavy (non-hydrogen) atoms. The molecule has 0 bridgehead atoms. The number of nitrogens with zero attached hydrogens (tertiary/aromatic N) is 2. The van der Waals surface area contributed by atoms with Crippen LogP contribution in [0, 0.1) is 0 Å². The number of H-pyrrole nitrogens is 1. The molecule has 4 aromatic carbocycles. The number of fused-ring (bicyclic) bond motifs is 1. The van der Waals surface area contributed by atoms with E-state index in [9.17, 15) is 9.59 Å². The second-order valence-electron chi connectivity index (χ2n) is 8.91. The number of aryl methyl sites for hydroxylation is 1. The summed E-state index contributed by atoms with van der Waals surface area (Å²) < 4.78 is 0. The molecule has 1 aliphatic heterocycles. The van der Waals surface area contributed by atoms with Gasteiger partial charge in [-0.15, -0.1) is 0 Å². The number of nitrogens with one attached hydrogen (secondary N) is 2. The summed E-state index contributed by atoms with van der Waals surface area (Å²) in [5.74, 6) is -0.289. The Labute approximate surface area is 208 Å². The van der Waals surface area contributed by atoms with Crippen molar-refractivity contribution in [1.82, 2.24) is 10.4 Å². The molecule has 0 atom stereocenters. The number of aromatic amines is 1. The minimum absolute atomic E-state index is 0.00120. The molecule has 2 heterocycles. The van der Waals surface area contributed by atoms with Crippen molar-refractivity contribution >= 4 is 45.4 Å². The summed E-state index contributed by atoms with van der Waals surface area (Å²) in [5.41, 5.74) is 8.97. The van der Waals surface area contributed by atoms with Crippen molar-refractivity contribution in [3.05, 3.63) is 113 Å². The Kier molecular flexibility index (Phi) is 5.34. The first-order valence-corrected chi connectivity index (χ1v) is 12.0. The monoisotopic (exact) mass is 472 g/mol. The van der Waals surface area contributed by atoms with Crippen molar-refractivity contribution in [2.24, 2.45) is 5.10 Å². The van der Waals surface area contributed by atoms with Gasteiger partial charge in [0.25, 0.3) is 11.8 Å². The third-order valence-corrected chi connectivity index (χ3v) is 6.79. The summed E-state index contributed by atoms with van der Waals surface area (Å²) in [4.78, 5) is 30.7. The molecule has 5 aromatic rings. The van der Waals surface area contributed by atoms with Crippen LogP contribution in [0.5, 0.6) is 0 Å². The topological polar surface area (TPSA) is 77.6 Å². The van der Waals surface area contributed by atoms with Gasteiger partial charge in [-0.1, -0.05) is 61.5 Å². The summed E-state index contributed by atoms with van der Waals surface area (Å²) in [6, 6.07) is 25.2. The van der Waals surface area contributed by atoms with Crippen molar-refractivity contribution in [1.29, 1.82) is 0 Å². The molecule has 1 aliphatic rings. The van der Waals surface area contributed by atoms with E-state index in [4.69, 9.17) is 0 Å². The minimum atomic E-state index is -0.290. The molecule has 1 aromatic heterocycles. The molecule has 6 nitrogen and oxygen atoms in total. The molecule has 0 unspecified atom stereocenters. The third kappa shape index (κ3) is 3.64. The summed E-state index contributed by atoms with van der Waals surface area (Å²) >= 11 is 0. The molecular formula is C30H24N4O2. The largest absolute Gasteiger partial charge is 0.360 e. The van der Waals surface area contributed by atoms with Crippen LogP contribution in [0.1, 0.15) is 44.3 Å². The van der Waals surface area contributed by atoms with E-state index >= 15 is 0 Å². The molecule has 0 aliphatic carbocycles. The molecule has 2 amide bonds. The van der Waals surface area contributed by atoms with Crippen LogP contribution in [0.25, 0.3) is 21.7 Å². The summed E-state index contributed by atoms with van der Waals surface area (Å²) in [6.45, 7) is 2.56. The highest BCUT2D eigenvalue weighted by Gasteiger charge is 2.29. The first-order chi connectivity index (χ1) is 17.6. The maximum Gasteiger partial charge on any atom is 0.271 e. The van der Waals surface area contributed by atoms with Gasteiger partial charge >= 0.3 is 0 Å². The van der Waals surface area contributed by atoms with Crippen molar-refractivity contribution in [2.75, 3.05) is 4.90 Å². The maximum atomic E-state index is 13.0. The first kappa shape index (κ1) is 21.8. The quantitative estimate of drug-likeness (QED) is 0.242. The Morgan fingerprint density at radius 1 is 1.00 bits per heavy atom. The van der Waals surface area contributed by atoms with Gasteiger partial charge in [0.1, 0.15) is 0 Å². The zero-order chi connectivity index (χ0) is 24.6. The molecule has 6 heteroatoms. The van der Waals surface area contributed by atoms with E-state index in [1.165, 1.54) is 5.56 Å². The highest BCUT2D eigenvalue weighted by Crippen LogP contribution is 2.38. The minimum Gasteiger partial charge on any atom is -0.360 e. The lowest BCUT2D eigenvalue weighted by Gasteiger charge is -2.18. The molecule has 0 saturated heterocycles. The predicted octanol–water partition coefficient (Wildman–Crippen LogP) is 5.81. The number of hydrogen-bond donors (Lipinski definition) is 2. The number of benzene rings is 4. The van der Waals surface area contributed by atoms with Gasteiger partial charge in [0.15, 0.2) is 0 Å². The number of para-hydroxylation sites is 1. The summed E-state index contributed by atoms with van der Waals surface area (Å²) in [5, 5.41) is 7.30. The first-order valence-electron chi connectivity index (χ1n) is 12.0. The number of carbonyl (C=O) groups is 2. The lowest BCUT2D eigenvalue weighted by molar-refractivity contribution is 0.0953. The van der Waals surface area contributed by atoms with Gasteiger partial charge in [0.2, 0.25) is 0 Å². The van der Waals surface area contributed by atoms with Gasteiger partial charge in [-0.25, -0.2) is 5.43 Å². The number of rotatable bonds is 6. The van der Waals surface area contributed by atoms with Crippen LogP contribution in [0.3, 0.4) is 0 Å². The molecule has 0 fully saturated rings. The van der Waals surface area contributed by atoms with E-state index in [1.807, 2.05) is 66.9 Å². The van der Waals surface area contributed by atoms with E-state index in [1.54, 1.807) is 23.2 Å². The Morgan fingerprint density at radius 3 is 2.58 bits per heavy atom. The zero-order valence-corrected chi connectivity index (χ0v) is 19.8.